The van der Waals surface area contributed by atoms with Crippen molar-refractivity contribution in [3.8, 4) is 0 Å². The number of hydrogen-bond acceptors (Lipinski definition) is 2. The second-order valence-electron chi connectivity index (χ2n) is 5.13. The first-order valence-corrected chi connectivity index (χ1v) is 6.29. The second-order valence-corrected chi connectivity index (χ2v) is 5.13. The van der Waals surface area contributed by atoms with E-state index in [2.05, 4.69) is 5.32 Å². The van der Waals surface area contributed by atoms with Crippen molar-refractivity contribution in [3.63, 3.8) is 0 Å². The van der Waals surface area contributed by atoms with E-state index in [4.69, 9.17) is 0 Å². The lowest BCUT2D eigenvalue weighted by Gasteiger charge is -2.36. The highest BCUT2D eigenvalue weighted by Crippen LogP contribution is 2.24. The molecule has 94 valence electrons. The molecule has 2 unspecified atom stereocenters. The van der Waals surface area contributed by atoms with Crippen molar-refractivity contribution in [1.29, 1.82) is 0 Å². The van der Waals surface area contributed by atoms with Crippen LogP contribution in [0.1, 0.15) is 31.7 Å². The molecule has 1 saturated heterocycles. The molecular formula is C14H20FNO. The molecule has 0 amide bonds. The van der Waals surface area contributed by atoms with Crippen molar-refractivity contribution in [3.05, 3.63) is 35.6 Å². The van der Waals surface area contributed by atoms with Crippen molar-refractivity contribution >= 4 is 0 Å². The molecule has 0 aliphatic carbocycles. The summed E-state index contributed by atoms with van der Waals surface area (Å²) in [7, 11) is 0. The van der Waals surface area contributed by atoms with Crippen LogP contribution < -0.4 is 5.32 Å². The van der Waals surface area contributed by atoms with Crippen LogP contribution in [0.5, 0.6) is 0 Å². The van der Waals surface area contributed by atoms with Crippen LogP contribution in [-0.4, -0.2) is 23.3 Å². The first-order chi connectivity index (χ1) is 8.09. The molecule has 1 aliphatic heterocycles. The normalized spacial score (nSPS) is 24.3. The summed E-state index contributed by atoms with van der Waals surface area (Å²) in [5.41, 5.74) is -0.298. The SMILES string of the molecule is CC(O)(Cc1ccccc1F)C1CCCCN1. The molecule has 2 atom stereocenters. The van der Waals surface area contributed by atoms with Crippen molar-refractivity contribution < 1.29 is 9.50 Å². The van der Waals surface area contributed by atoms with Gasteiger partial charge in [0.1, 0.15) is 5.82 Å². The summed E-state index contributed by atoms with van der Waals surface area (Å²) < 4.78 is 13.6. The van der Waals surface area contributed by atoms with E-state index in [0.717, 1.165) is 25.8 Å². The second kappa shape index (κ2) is 5.15. The number of halogens is 1. The number of piperidine rings is 1. The highest BCUT2D eigenvalue weighted by molar-refractivity contribution is 5.20. The first-order valence-electron chi connectivity index (χ1n) is 6.29. The van der Waals surface area contributed by atoms with E-state index in [1.165, 1.54) is 6.07 Å². The lowest BCUT2D eigenvalue weighted by atomic mass is 9.84. The fourth-order valence-corrected chi connectivity index (χ4v) is 2.53. The Morgan fingerprint density at radius 1 is 1.41 bits per heavy atom. The van der Waals surface area contributed by atoms with Gasteiger partial charge in [0.2, 0.25) is 0 Å². The third-order valence-corrected chi connectivity index (χ3v) is 3.57. The van der Waals surface area contributed by atoms with Gasteiger partial charge >= 0.3 is 0 Å². The van der Waals surface area contributed by atoms with Crippen molar-refractivity contribution in [1.82, 2.24) is 5.32 Å². The van der Waals surface area contributed by atoms with Crippen molar-refractivity contribution in [2.45, 2.75) is 44.2 Å². The average molecular weight is 237 g/mol. The highest BCUT2D eigenvalue weighted by Gasteiger charge is 2.33. The number of aliphatic hydroxyl groups is 1. The number of benzene rings is 1. The maximum absolute atomic E-state index is 13.6. The predicted octanol–water partition coefficient (Wildman–Crippen LogP) is 2.26. The maximum atomic E-state index is 13.6. The number of rotatable bonds is 3. The van der Waals surface area contributed by atoms with Gasteiger partial charge in [-0.2, -0.15) is 0 Å². The molecule has 2 rings (SSSR count). The molecule has 0 radical (unpaired) electrons. The summed E-state index contributed by atoms with van der Waals surface area (Å²) in [6.07, 6.45) is 3.61. The summed E-state index contributed by atoms with van der Waals surface area (Å²) in [6.45, 7) is 2.74. The lowest BCUT2D eigenvalue weighted by Crippen LogP contribution is -2.52. The Morgan fingerprint density at radius 3 is 2.82 bits per heavy atom. The maximum Gasteiger partial charge on any atom is 0.126 e. The molecule has 1 heterocycles. The zero-order valence-electron chi connectivity index (χ0n) is 10.2. The molecule has 0 saturated carbocycles. The van der Waals surface area contributed by atoms with E-state index in [1.807, 2.05) is 6.07 Å². The van der Waals surface area contributed by atoms with Crippen LogP contribution in [0, 0.1) is 5.82 Å². The Bertz CT molecular complexity index is 372. The summed E-state index contributed by atoms with van der Waals surface area (Å²) in [5, 5.41) is 13.8. The minimum atomic E-state index is -0.886. The molecule has 1 aliphatic rings. The van der Waals surface area contributed by atoms with E-state index in [9.17, 15) is 9.50 Å². The van der Waals surface area contributed by atoms with E-state index in [0.29, 0.717) is 12.0 Å². The Morgan fingerprint density at radius 2 is 2.18 bits per heavy atom. The molecule has 2 N–H and O–H groups in total. The minimum Gasteiger partial charge on any atom is -0.388 e. The van der Waals surface area contributed by atoms with Crippen LogP contribution in [0.3, 0.4) is 0 Å². The van der Waals surface area contributed by atoms with Gasteiger partial charge in [0, 0.05) is 12.5 Å². The van der Waals surface area contributed by atoms with E-state index in [-0.39, 0.29) is 11.9 Å². The molecule has 2 nitrogen and oxygen atoms in total. The Hall–Kier alpha value is -0.930. The summed E-state index contributed by atoms with van der Waals surface area (Å²) in [5.74, 6) is -0.233. The Labute approximate surface area is 102 Å². The van der Waals surface area contributed by atoms with E-state index in [1.54, 1.807) is 19.1 Å². The van der Waals surface area contributed by atoms with Crippen molar-refractivity contribution in [2.75, 3.05) is 6.54 Å². The van der Waals surface area contributed by atoms with Gasteiger partial charge in [-0.1, -0.05) is 24.6 Å². The van der Waals surface area contributed by atoms with Crippen LogP contribution >= 0.6 is 0 Å². The van der Waals surface area contributed by atoms with E-state index >= 15 is 0 Å². The standard InChI is InChI=1S/C14H20FNO/c1-14(17,13-8-4-5-9-16-13)10-11-6-2-3-7-12(11)15/h2-3,6-7,13,16-17H,4-5,8-10H2,1H3. The summed E-state index contributed by atoms with van der Waals surface area (Å²) in [4.78, 5) is 0. The fourth-order valence-electron chi connectivity index (χ4n) is 2.53. The molecule has 1 fully saturated rings. The topological polar surface area (TPSA) is 32.3 Å². The van der Waals surface area contributed by atoms with Crippen molar-refractivity contribution in [2.24, 2.45) is 0 Å². The van der Waals surface area contributed by atoms with Crippen LogP contribution in [0.2, 0.25) is 0 Å². The molecule has 0 spiro atoms. The quantitative estimate of drug-likeness (QED) is 0.845. The number of hydrogen-bond donors (Lipinski definition) is 2. The van der Waals surface area contributed by atoms with Crippen LogP contribution in [0.15, 0.2) is 24.3 Å². The summed E-state index contributed by atoms with van der Waals surface area (Å²) >= 11 is 0. The van der Waals surface area contributed by atoms with Gasteiger partial charge in [-0.05, 0) is 37.9 Å². The molecule has 3 heteroatoms. The van der Waals surface area contributed by atoms with Gasteiger partial charge in [-0.3, -0.25) is 0 Å². The third-order valence-electron chi connectivity index (χ3n) is 3.57. The number of nitrogens with one attached hydrogen (secondary N) is 1. The highest BCUT2D eigenvalue weighted by atomic mass is 19.1. The molecule has 17 heavy (non-hydrogen) atoms. The third kappa shape index (κ3) is 3.05. The van der Waals surface area contributed by atoms with Gasteiger partial charge in [0.25, 0.3) is 0 Å². The minimum absolute atomic E-state index is 0.0656. The zero-order chi connectivity index (χ0) is 12.3. The molecule has 0 aromatic heterocycles. The van der Waals surface area contributed by atoms with Gasteiger partial charge in [0.15, 0.2) is 0 Å². The molecule has 0 bridgehead atoms. The smallest absolute Gasteiger partial charge is 0.126 e. The largest absolute Gasteiger partial charge is 0.388 e. The fraction of sp³-hybridized carbons (Fsp3) is 0.571. The molecule has 1 aromatic rings. The van der Waals surface area contributed by atoms with E-state index < -0.39 is 5.60 Å². The van der Waals surface area contributed by atoms with Crippen LogP contribution in [0.4, 0.5) is 4.39 Å². The molecule has 1 aromatic carbocycles. The summed E-state index contributed by atoms with van der Waals surface area (Å²) in [6, 6.07) is 6.73. The Kier molecular flexibility index (Phi) is 3.79. The van der Waals surface area contributed by atoms with Crippen LogP contribution in [0.25, 0.3) is 0 Å². The Balaban J connectivity index is 2.08. The molecular weight excluding hydrogens is 217 g/mol. The monoisotopic (exact) mass is 237 g/mol. The van der Waals surface area contributed by atoms with Crippen LogP contribution in [-0.2, 0) is 6.42 Å². The predicted molar refractivity (Wildman–Crippen MR) is 66.4 cm³/mol. The first kappa shape index (κ1) is 12.5. The van der Waals surface area contributed by atoms with Gasteiger partial charge in [-0.25, -0.2) is 4.39 Å². The van der Waals surface area contributed by atoms with Gasteiger partial charge < -0.3 is 10.4 Å². The average Bonchev–Trinajstić information content (AvgIpc) is 2.33. The zero-order valence-corrected chi connectivity index (χ0v) is 10.2. The van der Waals surface area contributed by atoms with Gasteiger partial charge in [0.05, 0.1) is 5.60 Å². The van der Waals surface area contributed by atoms with Gasteiger partial charge in [-0.15, -0.1) is 0 Å². The lowest BCUT2D eigenvalue weighted by molar-refractivity contribution is 0.00970.